The zero-order valence-corrected chi connectivity index (χ0v) is 14.1. The zero-order valence-electron chi connectivity index (χ0n) is 12.5. The number of aromatic nitrogens is 1. The van der Waals surface area contributed by atoms with Gasteiger partial charge in [0, 0.05) is 53.5 Å². The molecule has 7 nitrogen and oxygen atoms in total. The van der Waals surface area contributed by atoms with Crippen molar-refractivity contribution in [2.75, 3.05) is 36.5 Å². The molecule has 1 aliphatic rings. The molecule has 0 spiro atoms. The third-order valence-electron chi connectivity index (χ3n) is 3.76. The molecule has 0 atom stereocenters. The average molecular weight is 347 g/mol. The van der Waals surface area contributed by atoms with Crippen molar-refractivity contribution in [3.8, 4) is 0 Å². The van der Waals surface area contributed by atoms with Crippen LogP contribution in [0.5, 0.6) is 0 Å². The number of pyridine rings is 1. The van der Waals surface area contributed by atoms with Crippen LogP contribution in [0.1, 0.15) is 13.8 Å². The maximum atomic E-state index is 11.4. The minimum atomic E-state index is -0.706. The summed E-state index contributed by atoms with van der Waals surface area (Å²) >= 11 is 6.02. The first-order chi connectivity index (χ1) is 10.3. The van der Waals surface area contributed by atoms with E-state index in [2.05, 4.69) is 29.0 Å². The molecule has 0 saturated carbocycles. The van der Waals surface area contributed by atoms with Crippen LogP contribution in [0.3, 0.4) is 0 Å². The van der Waals surface area contributed by atoms with Crippen LogP contribution in [0, 0.1) is 10.1 Å². The van der Waals surface area contributed by atoms with Gasteiger partial charge in [0.15, 0.2) is 0 Å². The largest absolute Gasteiger partial charge is 0.367 e. The van der Waals surface area contributed by atoms with Gasteiger partial charge in [0.05, 0.1) is 9.95 Å². The summed E-state index contributed by atoms with van der Waals surface area (Å²) in [6, 6.07) is 1.29. The standard InChI is InChI=1S/C13H19ClN4O3S/c1-13(2,17-3-5-22(21)6-4-17)9-16-12-11(14)7-10(8-15-12)18(19)20/h7-8H,3-6,9H2,1-2H3,(H,15,16). The summed E-state index contributed by atoms with van der Waals surface area (Å²) < 4.78 is 11.4. The van der Waals surface area contributed by atoms with Crippen molar-refractivity contribution in [3.63, 3.8) is 0 Å². The normalized spacial score (nSPS) is 17.4. The molecule has 0 bridgehead atoms. The Kier molecular flexibility index (Phi) is 5.36. The van der Waals surface area contributed by atoms with Crippen LogP contribution in [0.2, 0.25) is 5.02 Å². The highest BCUT2D eigenvalue weighted by Crippen LogP contribution is 2.25. The Labute approximate surface area is 136 Å². The van der Waals surface area contributed by atoms with Gasteiger partial charge in [-0.05, 0) is 13.8 Å². The molecule has 2 heterocycles. The van der Waals surface area contributed by atoms with Gasteiger partial charge in [-0.3, -0.25) is 19.2 Å². The summed E-state index contributed by atoms with van der Waals surface area (Å²) in [6.07, 6.45) is 1.19. The molecular weight excluding hydrogens is 328 g/mol. The second-order valence-corrected chi connectivity index (χ2v) is 7.89. The first-order valence-electron chi connectivity index (χ1n) is 6.93. The summed E-state index contributed by atoms with van der Waals surface area (Å²) in [5.41, 5.74) is -0.287. The summed E-state index contributed by atoms with van der Waals surface area (Å²) in [5.74, 6) is 1.82. The summed E-state index contributed by atoms with van der Waals surface area (Å²) in [5, 5.41) is 14.0. The molecule has 0 aromatic carbocycles. The number of rotatable bonds is 5. The van der Waals surface area contributed by atoms with Gasteiger partial charge >= 0.3 is 0 Å². The lowest BCUT2D eigenvalue weighted by atomic mass is 10.0. The number of hydrogen-bond donors (Lipinski definition) is 1. The lowest BCUT2D eigenvalue weighted by Gasteiger charge is -2.40. The second kappa shape index (κ2) is 6.89. The maximum absolute atomic E-state index is 11.4. The topological polar surface area (TPSA) is 88.4 Å². The predicted octanol–water partition coefficient (Wildman–Crippen LogP) is 1.90. The van der Waals surface area contributed by atoms with Gasteiger partial charge in [0.1, 0.15) is 12.0 Å². The number of nitrogens with zero attached hydrogens (tertiary/aromatic N) is 3. The van der Waals surface area contributed by atoms with Crippen molar-refractivity contribution in [2.24, 2.45) is 0 Å². The van der Waals surface area contributed by atoms with Crippen LogP contribution in [-0.2, 0) is 10.8 Å². The van der Waals surface area contributed by atoms with E-state index in [1.165, 1.54) is 12.3 Å². The summed E-state index contributed by atoms with van der Waals surface area (Å²) in [7, 11) is -0.706. The SMILES string of the molecule is CC(C)(CNc1ncc([N+](=O)[O-])cc1Cl)N1CCS(=O)CC1. The molecule has 1 saturated heterocycles. The van der Waals surface area contributed by atoms with Gasteiger partial charge in [-0.1, -0.05) is 11.6 Å². The lowest BCUT2D eigenvalue weighted by molar-refractivity contribution is -0.385. The molecule has 1 N–H and O–H groups in total. The fraction of sp³-hybridized carbons (Fsp3) is 0.615. The molecule has 122 valence electrons. The van der Waals surface area contributed by atoms with Crippen molar-refractivity contribution in [1.29, 1.82) is 0 Å². The van der Waals surface area contributed by atoms with Gasteiger partial charge in [0.25, 0.3) is 5.69 Å². The third-order valence-corrected chi connectivity index (χ3v) is 5.32. The van der Waals surface area contributed by atoms with Gasteiger partial charge in [-0.25, -0.2) is 4.98 Å². The van der Waals surface area contributed by atoms with Gasteiger partial charge in [0.2, 0.25) is 0 Å². The number of nitrogens with one attached hydrogen (secondary N) is 1. The van der Waals surface area contributed by atoms with Crippen LogP contribution >= 0.6 is 11.6 Å². The number of hydrogen-bond acceptors (Lipinski definition) is 6. The van der Waals surface area contributed by atoms with Gasteiger partial charge in [-0.15, -0.1) is 0 Å². The average Bonchev–Trinajstić information content (AvgIpc) is 2.46. The number of halogens is 1. The predicted molar refractivity (Wildman–Crippen MR) is 87.9 cm³/mol. The lowest BCUT2D eigenvalue weighted by Crippen LogP contribution is -2.53. The van der Waals surface area contributed by atoms with E-state index in [1.807, 2.05) is 0 Å². The van der Waals surface area contributed by atoms with Crippen molar-refractivity contribution >= 4 is 33.9 Å². The van der Waals surface area contributed by atoms with Crippen LogP contribution in [-0.4, -0.2) is 55.7 Å². The van der Waals surface area contributed by atoms with E-state index >= 15 is 0 Å². The quantitative estimate of drug-likeness (QED) is 0.647. The fourth-order valence-corrected chi connectivity index (χ4v) is 3.59. The van der Waals surface area contributed by atoms with E-state index in [1.54, 1.807) is 0 Å². The van der Waals surface area contributed by atoms with Crippen molar-refractivity contribution in [2.45, 2.75) is 19.4 Å². The molecule has 0 unspecified atom stereocenters. The fourth-order valence-electron chi connectivity index (χ4n) is 2.31. The molecule has 1 aliphatic heterocycles. The monoisotopic (exact) mass is 346 g/mol. The van der Waals surface area contributed by atoms with E-state index < -0.39 is 15.7 Å². The minimum absolute atomic E-state index is 0.131. The molecule has 0 aliphatic carbocycles. The van der Waals surface area contributed by atoms with Crippen molar-refractivity contribution in [1.82, 2.24) is 9.88 Å². The molecule has 9 heteroatoms. The van der Waals surface area contributed by atoms with Crippen LogP contribution < -0.4 is 5.32 Å². The Morgan fingerprint density at radius 3 is 2.68 bits per heavy atom. The number of nitro groups is 1. The van der Waals surface area contributed by atoms with Gasteiger partial charge in [-0.2, -0.15) is 0 Å². The van der Waals surface area contributed by atoms with E-state index in [0.717, 1.165) is 13.1 Å². The smallest absolute Gasteiger partial charge is 0.289 e. The Hall–Kier alpha value is -1.25. The van der Waals surface area contributed by atoms with E-state index in [0.29, 0.717) is 23.9 Å². The van der Waals surface area contributed by atoms with Crippen molar-refractivity contribution in [3.05, 3.63) is 27.4 Å². The Morgan fingerprint density at radius 2 is 2.14 bits per heavy atom. The molecular formula is C13H19ClN4O3S. The molecule has 0 radical (unpaired) electrons. The molecule has 2 rings (SSSR count). The second-order valence-electron chi connectivity index (χ2n) is 5.78. The molecule has 1 aromatic rings. The third kappa shape index (κ3) is 4.15. The Balaban J connectivity index is 1.99. The Morgan fingerprint density at radius 1 is 1.50 bits per heavy atom. The highest BCUT2D eigenvalue weighted by molar-refractivity contribution is 7.85. The van der Waals surface area contributed by atoms with E-state index in [9.17, 15) is 14.3 Å². The maximum Gasteiger partial charge on any atom is 0.289 e. The summed E-state index contributed by atoms with van der Waals surface area (Å²) in [6.45, 7) is 6.36. The molecule has 1 fully saturated rings. The van der Waals surface area contributed by atoms with Crippen LogP contribution in [0.25, 0.3) is 0 Å². The highest BCUT2D eigenvalue weighted by Gasteiger charge is 2.29. The zero-order chi connectivity index (χ0) is 16.3. The van der Waals surface area contributed by atoms with E-state index in [-0.39, 0.29) is 16.2 Å². The number of anilines is 1. The van der Waals surface area contributed by atoms with Crippen LogP contribution in [0.15, 0.2) is 12.3 Å². The van der Waals surface area contributed by atoms with E-state index in [4.69, 9.17) is 11.6 Å². The van der Waals surface area contributed by atoms with Crippen LogP contribution in [0.4, 0.5) is 11.5 Å². The Bertz CT molecular complexity index is 587. The molecule has 0 amide bonds. The highest BCUT2D eigenvalue weighted by atomic mass is 35.5. The van der Waals surface area contributed by atoms with Crippen molar-refractivity contribution < 1.29 is 9.13 Å². The minimum Gasteiger partial charge on any atom is -0.367 e. The molecule has 22 heavy (non-hydrogen) atoms. The first-order valence-corrected chi connectivity index (χ1v) is 8.80. The summed E-state index contributed by atoms with van der Waals surface area (Å²) in [4.78, 5) is 16.4. The molecule has 1 aromatic heterocycles. The first kappa shape index (κ1) is 17.1. The van der Waals surface area contributed by atoms with Gasteiger partial charge < -0.3 is 5.32 Å².